The maximum atomic E-state index is 13.2. The van der Waals surface area contributed by atoms with Crippen LogP contribution in [-0.2, 0) is 11.2 Å². The van der Waals surface area contributed by atoms with Gasteiger partial charge in [0.1, 0.15) is 0 Å². The Kier molecular flexibility index (Phi) is 6.29. The van der Waals surface area contributed by atoms with Gasteiger partial charge in [0.2, 0.25) is 0 Å². The summed E-state index contributed by atoms with van der Waals surface area (Å²) in [6.45, 7) is 1.99. The topological polar surface area (TPSA) is 76.4 Å². The van der Waals surface area contributed by atoms with Gasteiger partial charge in [0.15, 0.2) is 5.60 Å². The van der Waals surface area contributed by atoms with Crippen LogP contribution in [0, 0.1) is 17.2 Å². The zero-order chi connectivity index (χ0) is 22.1. The molecule has 160 valence electrons. The second kappa shape index (κ2) is 8.44. The van der Waals surface area contributed by atoms with Gasteiger partial charge in [-0.25, -0.2) is 0 Å². The van der Waals surface area contributed by atoms with E-state index in [1.807, 2.05) is 23.1 Å². The summed E-state index contributed by atoms with van der Waals surface area (Å²) in [6, 6.07) is 7.42. The van der Waals surface area contributed by atoms with E-state index in [4.69, 9.17) is 5.26 Å². The molecule has 1 aromatic carbocycles. The van der Waals surface area contributed by atoms with Gasteiger partial charge in [-0.2, -0.15) is 18.4 Å². The summed E-state index contributed by atoms with van der Waals surface area (Å²) in [6.07, 6.45) is -0.950. The predicted molar refractivity (Wildman–Crippen MR) is 109 cm³/mol. The summed E-state index contributed by atoms with van der Waals surface area (Å²) < 4.78 is 40.5. The van der Waals surface area contributed by atoms with Crippen molar-refractivity contribution in [2.24, 2.45) is 5.92 Å². The van der Waals surface area contributed by atoms with E-state index in [-0.39, 0.29) is 18.7 Å². The Morgan fingerprint density at radius 2 is 2.17 bits per heavy atom. The number of fused-ring (bicyclic) bond motifs is 1. The van der Waals surface area contributed by atoms with Crippen molar-refractivity contribution < 1.29 is 23.1 Å². The van der Waals surface area contributed by atoms with Crippen LogP contribution in [0.2, 0.25) is 0 Å². The molecule has 2 N–H and O–H groups in total. The fourth-order valence-electron chi connectivity index (χ4n) is 3.70. The molecule has 0 saturated carbocycles. The summed E-state index contributed by atoms with van der Waals surface area (Å²) in [5.41, 5.74) is -0.881. The van der Waals surface area contributed by atoms with Gasteiger partial charge in [-0.1, -0.05) is 22.0 Å². The molecule has 2 atom stereocenters. The normalized spacial score (nSPS) is 21.0. The molecule has 30 heavy (non-hydrogen) atoms. The van der Waals surface area contributed by atoms with Crippen LogP contribution < -0.4 is 10.2 Å². The fourth-order valence-corrected chi connectivity index (χ4v) is 4.11. The number of aliphatic hydroxyl groups is 1. The lowest BCUT2D eigenvalue weighted by Gasteiger charge is -2.36. The third kappa shape index (κ3) is 4.87. The number of halogens is 4. The standard InChI is InChI=1S/C21H21BrF3N3O2/c1-20(30,12-28-8-2-3-13-9-15(22)5-7-18(13)28)19(29)27-16-6-4-14(11-26)17(10-16)21(23,24)25/h5-7,9-10,14,30H,2-4,8,12H2,1H3,(H,27,29)/t14?,20-/m0/s1. The first-order chi connectivity index (χ1) is 14.0. The summed E-state index contributed by atoms with van der Waals surface area (Å²) in [5.74, 6) is -2.11. The van der Waals surface area contributed by atoms with E-state index >= 15 is 0 Å². The van der Waals surface area contributed by atoms with Gasteiger partial charge in [-0.15, -0.1) is 0 Å². The maximum absolute atomic E-state index is 13.2. The van der Waals surface area contributed by atoms with Gasteiger partial charge in [0.05, 0.1) is 24.1 Å². The quantitative estimate of drug-likeness (QED) is 0.678. The van der Waals surface area contributed by atoms with E-state index in [9.17, 15) is 23.1 Å². The number of rotatable bonds is 4. The number of carbonyl (C=O) groups excluding carboxylic acids is 1. The maximum Gasteiger partial charge on any atom is 0.414 e. The van der Waals surface area contributed by atoms with Gasteiger partial charge in [0.25, 0.3) is 5.91 Å². The number of nitrogens with zero attached hydrogens (tertiary/aromatic N) is 2. The first kappa shape index (κ1) is 22.4. The number of anilines is 1. The molecular formula is C21H21BrF3N3O2. The molecule has 0 bridgehead atoms. The largest absolute Gasteiger partial charge is 0.414 e. The molecule has 5 nitrogen and oxygen atoms in total. The molecule has 2 aliphatic rings. The van der Waals surface area contributed by atoms with Gasteiger partial charge in [0, 0.05) is 22.4 Å². The molecule has 3 rings (SSSR count). The number of nitriles is 1. The highest BCUT2D eigenvalue weighted by Gasteiger charge is 2.41. The number of allylic oxidation sites excluding steroid dienone is 3. The van der Waals surface area contributed by atoms with E-state index in [0.717, 1.165) is 34.6 Å². The van der Waals surface area contributed by atoms with E-state index in [2.05, 4.69) is 21.2 Å². The molecule has 1 aromatic rings. The molecule has 9 heteroatoms. The zero-order valence-corrected chi connectivity index (χ0v) is 17.8. The van der Waals surface area contributed by atoms with Crippen molar-refractivity contribution in [1.29, 1.82) is 5.26 Å². The van der Waals surface area contributed by atoms with Crippen LogP contribution in [-0.4, -0.2) is 35.9 Å². The lowest BCUT2D eigenvalue weighted by atomic mass is 9.90. The SMILES string of the molecule is C[C@](O)(CN1CCCc2cc(Br)ccc21)C(=O)NC1=CCC(C#N)C(C(F)(F)F)=C1. The minimum atomic E-state index is -4.67. The van der Waals surface area contributed by atoms with Crippen molar-refractivity contribution in [3.05, 3.63) is 51.7 Å². The van der Waals surface area contributed by atoms with Crippen molar-refractivity contribution in [3.8, 4) is 6.07 Å². The number of benzene rings is 1. The number of hydrogen-bond acceptors (Lipinski definition) is 4. The Morgan fingerprint density at radius 3 is 2.83 bits per heavy atom. The predicted octanol–water partition coefficient (Wildman–Crippen LogP) is 3.98. The summed E-state index contributed by atoms with van der Waals surface area (Å²) in [4.78, 5) is 14.6. The van der Waals surface area contributed by atoms with Crippen LogP contribution in [0.25, 0.3) is 0 Å². The third-order valence-electron chi connectivity index (χ3n) is 5.25. The summed E-state index contributed by atoms with van der Waals surface area (Å²) >= 11 is 3.43. The van der Waals surface area contributed by atoms with Crippen molar-refractivity contribution in [1.82, 2.24) is 5.32 Å². The molecule has 1 amide bonds. The molecule has 0 aromatic heterocycles. The van der Waals surface area contributed by atoms with Crippen LogP contribution >= 0.6 is 15.9 Å². The molecule has 0 radical (unpaired) electrons. The van der Waals surface area contributed by atoms with E-state index in [1.165, 1.54) is 13.0 Å². The third-order valence-corrected chi connectivity index (χ3v) is 5.74. The van der Waals surface area contributed by atoms with Crippen LogP contribution in [0.1, 0.15) is 25.3 Å². The number of carbonyl (C=O) groups is 1. The highest BCUT2D eigenvalue weighted by molar-refractivity contribution is 9.10. The van der Waals surface area contributed by atoms with Crippen LogP contribution in [0.5, 0.6) is 0 Å². The van der Waals surface area contributed by atoms with Crippen LogP contribution in [0.3, 0.4) is 0 Å². The van der Waals surface area contributed by atoms with Crippen molar-refractivity contribution in [2.45, 2.75) is 38.0 Å². The molecule has 0 spiro atoms. The molecule has 1 unspecified atom stereocenters. The van der Waals surface area contributed by atoms with Gasteiger partial charge < -0.3 is 15.3 Å². The van der Waals surface area contributed by atoms with E-state index < -0.39 is 29.2 Å². The van der Waals surface area contributed by atoms with E-state index in [0.29, 0.717) is 6.54 Å². The van der Waals surface area contributed by atoms with Crippen LogP contribution in [0.15, 0.2) is 46.1 Å². The monoisotopic (exact) mass is 483 g/mol. The van der Waals surface area contributed by atoms with E-state index in [1.54, 1.807) is 6.07 Å². The number of amides is 1. The van der Waals surface area contributed by atoms with Crippen molar-refractivity contribution in [3.63, 3.8) is 0 Å². The number of alkyl halides is 3. The van der Waals surface area contributed by atoms with Gasteiger partial charge in [-0.3, -0.25) is 4.79 Å². The Balaban J connectivity index is 1.74. The number of hydrogen-bond donors (Lipinski definition) is 2. The molecule has 1 aliphatic carbocycles. The average Bonchev–Trinajstić information content (AvgIpc) is 2.67. The molecule has 1 heterocycles. The summed E-state index contributed by atoms with van der Waals surface area (Å²) in [7, 11) is 0. The Bertz CT molecular complexity index is 948. The average molecular weight is 484 g/mol. The first-order valence-electron chi connectivity index (χ1n) is 9.47. The number of aryl methyl sites for hydroxylation is 1. The first-order valence-corrected chi connectivity index (χ1v) is 10.3. The zero-order valence-electron chi connectivity index (χ0n) is 16.3. The molecule has 1 aliphatic heterocycles. The number of β-amino-alcohol motifs (C(OH)–C–C–N with tert-alkyl or cyclic N) is 1. The fraction of sp³-hybridized carbons (Fsp3) is 0.429. The second-order valence-corrected chi connectivity index (χ2v) is 8.62. The number of nitrogens with one attached hydrogen (secondary N) is 1. The lowest BCUT2D eigenvalue weighted by Crippen LogP contribution is -2.52. The minimum Gasteiger partial charge on any atom is -0.378 e. The van der Waals surface area contributed by atoms with Crippen LogP contribution in [0.4, 0.5) is 18.9 Å². The Morgan fingerprint density at radius 1 is 1.43 bits per heavy atom. The smallest absolute Gasteiger partial charge is 0.378 e. The highest BCUT2D eigenvalue weighted by Crippen LogP contribution is 2.36. The van der Waals surface area contributed by atoms with Gasteiger partial charge in [-0.05, 0) is 56.0 Å². The Labute approximate surface area is 181 Å². The van der Waals surface area contributed by atoms with Gasteiger partial charge >= 0.3 is 6.18 Å². The molecule has 0 saturated heterocycles. The highest BCUT2D eigenvalue weighted by atomic mass is 79.9. The summed E-state index contributed by atoms with van der Waals surface area (Å²) in [5, 5.41) is 22.1. The molecule has 0 fully saturated rings. The second-order valence-electron chi connectivity index (χ2n) is 7.70. The Hall–Kier alpha value is -2.31. The molecular weight excluding hydrogens is 463 g/mol. The van der Waals surface area contributed by atoms with Crippen molar-refractivity contribution in [2.75, 3.05) is 18.0 Å². The van der Waals surface area contributed by atoms with Crippen molar-refractivity contribution >= 4 is 27.5 Å². The lowest BCUT2D eigenvalue weighted by molar-refractivity contribution is -0.136. The minimum absolute atomic E-state index is 0.00257.